The number of halogens is 1. The first-order chi connectivity index (χ1) is 9.82. The second-order valence-corrected chi connectivity index (χ2v) is 6.22. The van der Waals surface area contributed by atoms with Crippen LogP contribution < -0.4 is 0 Å². The van der Waals surface area contributed by atoms with Crippen molar-refractivity contribution in [2.75, 3.05) is 0 Å². The van der Waals surface area contributed by atoms with E-state index in [4.69, 9.17) is 0 Å². The van der Waals surface area contributed by atoms with Crippen LogP contribution in [0.15, 0.2) is 28.9 Å². The summed E-state index contributed by atoms with van der Waals surface area (Å²) in [5.74, 6) is -0.642. The molecule has 1 aromatic heterocycles. The Balaban J connectivity index is 2.89. The summed E-state index contributed by atoms with van der Waals surface area (Å²) in [5, 5.41) is 12.0. The van der Waals surface area contributed by atoms with Gasteiger partial charge >= 0.3 is 0 Å². The van der Waals surface area contributed by atoms with E-state index in [0.29, 0.717) is 16.5 Å². The molecule has 0 spiro atoms. The highest BCUT2D eigenvalue weighted by atomic mass is 79.9. The molecule has 0 aliphatic heterocycles. The van der Waals surface area contributed by atoms with Crippen molar-refractivity contribution in [3.8, 4) is 0 Å². The van der Waals surface area contributed by atoms with E-state index in [9.17, 15) is 14.9 Å². The SMILES string of the molecule is CC(=O)C(c1c([N+](=O)[O-])cnc2ccc(Br)cc12)C(C)C. The summed E-state index contributed by atoms with van der Waals surface area (Å²) in [4.78, 5) is 27.0. The Morgan fingerprint density at radius 1 is 1.38 bits per heavy atom. The van der Waals surface area contributed by atoms with Crippen LogP contribution >= 0.6 is 15.9 Å². The number of Topliss-reactive ketones (excluding diaryl/α,β-unsaturated/α-hetero) is 1. The molecular formula is C15H15BrN2O3. The number of nitrogens with zero attached hydrogens (tertiary/aromatic N) is 2. The number of aromatic nitrogens is 1. The molecule has 1 atom stereocenters. The summed E-state index contributed by atoms with van der Waals surface area (Å²) >= 11 is 3.37. The van der Waals surface area contributed by atoms with E-state index in [0.717, 1.165) is 4.47 Å². The van der Waals surface area contributed by atoms with Crippen molar-refractivity contribution < 1.29 is 9.72 Å². The van der Waals surface area contributed by atoms with Gasteiger partial charge in [0.05, 0.1) is 21.9 Å². The lowest BCUT2D eigenvalue weighted by Gasteiger charge is -2.20. The molecule has 2 aromatic rings. The van der Waals surface area contributed by atoms with Crippen LogP contribution in [0.5, 0.6) is 0 Å². The van der Waals surface area contributed by atoms with Gasteiger partial charge in [-0.1, -0.05) is 29.8 Å². The number of hydrogen-bond donors (Lipinski definition) is 0. The van der Waals surface area contributed by atoms with Crippen molar-refractivity contribution in [1.82, 2.24) is 4.98 Å². The Bertz CT molecular complexity index is 728. The lowest BCUT2D eigenvalue weighted by molar-refractivity contribution is -0.385. The van der Waals surface area contributed by atoms with E-state index in [2.05, 4.69) is 20.9 Å². The topological polar surface area (TPSA) is 73.1 Å². The minimum Gasteiger partial charge on any atom is -0.299 e. The van der Waals surface area contributed by atoms with Gasteiger partial charge in [0.1, 0.15) is 12.0 Å². The molecule has 0 fully saturated rings. The summed E-state index contributed by atoms with van der Waals surface area (Å²) in [6.45, 7) is 5.25. The monoisotopic (exact) mass is 350 g/mol. The number of hydrogen-bond acceptors (Lipinski definition) is 4. The van der Waals surface area contributed by atoms with Gasteiger partial charge in [-0.15, -0.1) is 0 Å². The first-order valence-corrected chi connectivity index (χ1v) is 7.35. The fraction of sp³-hybridized carbons (Fsp3) is 0.333. The van der Waals surface area contributed by atoms with Gasteiger partial charge in [0.25, 0.3) is 5.69 Å². The second kappa shape index (κ2) is 5.89. The third-order valence-corrected chi connectivity index (χ3v) is 3.96. The van der Waals surface area contributed by atoms with Crippen molar-refractivity contribution in [3.05, 3.63) is 44.5 Å². The van der Waals surface area contributed by atoms with Gasteiger partial charge in [0.15, 0.2) is 0 Å². The van der Waals surface area contributed by atoms with Crippen molar-refractivity contribution >= 4 is 38.3 Å². The fourth-order valence-corrected chi connectivity index (χ4v) is 3.01. The van der Waals surface area contributed by atoms with Crippen LogP contribution in [0.3, 0.4) is 0 Å². The van der Waals surface area contributed by atoms with Crippen LogP contribution in [0, 0.1) is 16.0 Å². The molecule has 0 aliphatic rings. The maximum atomic E-state index is 12.0. The van der Waals surface area contributed by atoms with Crippen LogP contribution in [0.1, 0.15) is 32.3 Å². The molecule has 0 saturated carbocycles. The molecule has 0 bridgehead atoms. The van der Waals surface area contributed by atoms with Gasteiger partial charge in [-0.2, -0.15) is 0 Å². The molecule has 21 heavy (non-hydrogen) atoms. The number of rotatable bonds is 4. The zero-order chi connectivity index (χ0) is 15.7. The highest BCUT2D eigenvalue weighted by molar-refractivity contribution is 9.10. The van der Waals surface area contributed by atoms with Crippen molar-refractivity contribution in [2.24, 2.45) is 5.92 Å². The minimum atomic E-state index is -0.523. The van der Waals surface area contributed by atoms with Crippen molar-refractivity contribution in [2.45, 2.75) is 26.7 Å². The van der Waals surface area contributed by atoms with E-state index < -0.39 is 10.8 Å². The number of benzene rings is 1. The molecule has 110 valence electrons. The average molecular weight is 351 g/mol. The summed E-state index contributed by atoms with van der Waals surface area (Å²) in [6, 6.07) is 5.39. The summed E-state index contributed by atoms with van der Waals surface area (Å²) in [5.41, 5.74) is 0.994. The first-order valence-electron chi connectivity index (χ1n) is 6.56. The Morgan fingerprint density at radius 2 is 2.05 bits per heavy atom. The number of nitro groups is 1. The molecule has 0 saturated heterocycles. The van der Waals surface area contributed by atoms with Gasteiger partial charge in [-0.25, -0.2) is 4.98 Å². The molecule has 0 N–H and O–H groups in total. The van der Waals surface area contributed by atoms with E-state index in [1.165, 1.54) is 13.1 Å². The van der Waals surface area contributed by atoms with Crippen molar-refractivity contribution in [3.63, 3.8) is 0 Å². The van der Waals surface area contributed by atoms with Crippen molar-refractivity contribution in [1.29, 1.82) is 0 Å². The normalized spacial score (nSPS) is 12.6. The second-order valence-electron chi connectivity index (χ2n) is 5.31. The third-order valence-electron chi connectivity index (χ3n) is 3.46. The van der Waals surface area contributed by atoms with E-state index >= 15 is 0 Å². The predicted molar refractivity (Wildman–Crippen MR) is 84.4 cm³/mol. The first kappa shape index (κ1) is 15.6. The molecule has 5 nitrogen and oxygen atoms in total. The zero-order valence-corrected chi connectivity index (χ0v) is 13.5. The summed E-state index contributed by atoms with van der Waals surface area (Å²) in [6.07, 6.45) is 1.24. The van der Waals surface area contributed by atoms with Crippen LogP contribution in [0.2, 0.25) is 0 Å². The Kier molecular flexibility index (Phi) is 4.37. The molecule has 0 radical (unpaired) electrons. The van der Waals surface area contributed by atoms with Crippen LogP contribution in [-0.2, 0) is 4.79 Å². The number of carbonyl (C=O) groups excluding carboxylic acids is 1. The highest BCUT2D eigenvalue weighted by Crippen LogP contribution is 2.38. The highest BCUT2D eigenvalue weighted by Gasteiger charge is 2.30. The largest absolute Gasteiger partial charge is 0.299 e. The average Bonchev–Trinajstić information content (AvgIpc) is 2.38. The zero-order valence-electron chi connectivity index (χ0n) is 12.0. The fourth-order valence-electron chi connectivity index (χ4n) is 2.65. The Labute approximate surface area is 130 Å². The quantitative estimate of drug-likeness (QED) is 0.610. The smallest absolute Gasteiger partial charge is 0.292 e. The third kappa shape index (κ3) is 2.95. The predicted octanol–water partition coefficient (Wildman–Crippen LogP) is 4.23. The van der Waals surface area contributed by atoms with Gasteiger partial charge in [0.2, 0.25) is 0 Å². The maximum Gasteiger partial charge on any atom is 0.292 e. The standard InChI is InChI=1S/C15H15BrN2O3/c1-8(2)14(9(3)19)15-11-6-10(16)4-5-12(11)17-7-13(15)18(20)21/h4-8,14H,1-3H3. The lowest BCUT2D eigenvalue weighted by atomic mass is 9.83. The van der Waals surface area contributed by atoms with Gasteiger partial charge in [-0.05, 0) is 31.0 Å². The maximum absolute atomic E-state index is 12.0. The van der Waals surface area contributed by atoms with Gasteiger partial charge in [0, 0.05) is 9.86 Å². The molecule has 2 rings (SSSR count). The molecule has 6 heteroatoms. The van der Waals surface area contributed by atoms with E-state index in [1.807, 2.05) is 19.9 Å². The number of ketones is 1. The summed E-state index contributed by atoms with van der Waals surface area (Å²) in [7, 11) is 0. The Hall–Kier alpha value is -1.82. The molecule has 0 amide bonds. The van der Waals surface area contributed by atoms with E-state index in [-0.39, 0.29) is 17.4 Å². The molecule has 1 aromatic carbocycles. The van der Waals surface area contributed by atoms with Crippen LogP contribution in [0.4, 0.5) is 5.69 Å². The van der Waals surface area contributed by atoms with Gasteiger partial charge < -0.3 is 0 Å². The molecule has 1 heterocycles. The van der Waals surface area contributed by atoms with E-state index in [1.54, 1.807) is 12.1 Å². The number of pyridine rings is 1. The number of carbonyl (C=O) groups is 1. The Morgan fingerprint density at radius 3 is 2.57 bits per heavy atom. The van der Waals surface area contributed by atoms with Gasteiger partial charge in [-0.3, -0.25) is 14.9 Å². The minimum absolute atomic E-state index is 0.0363. The lowest BCUT2D eigenvalue weighted by Crippen LogP contribution is -2.17. The number of fused-ring (bicyclic) bond motifs is 1. The summed E-state index contributed by atoms with van der Waals surface area (Å²) < 4.78 is 0.796. The molecular weight excluding hydrogens is 336 g/mol. The molecule has 0 aliphatic carbocycles. The molecule has 1 unspecified atom stereocenters. The van der Waals surface area contributed by atoms with Crippen LogP contribution in [-0.4, -0.2) is 15.7 Å². The van der Waals surface area contributed by atoms with Crippen LogP contribution in [0.25, 0.3) is 10.9 Å².